The first-order valence-electron chi connectivity index (χ1n) is 14.3. The molecule has 7 rings (SSSR count). The lowest BCUT2D eigenvalue weighted by Gasteiger charge is -2.47. The van der Waals surface area contributed by atoms with Crippen molar-refractivity contribution in [1.82, 2.24) is 35.9 Å². The van der Waals surface area contributed by atoms with Crippen molar-refractivity contribution in [3.05, 3.63) is 119 Å². The van der Waals surface area contributed by atoms with E-state index in [1.54, 1.807) is 0 Å². The highest BCUT2D eigenvalue weighted by molar-refractivity contribution is 7.99. The molecular weight excluding hydrogens is 614 g/mol. The van der Waals surface area contributed by atoms with Crippen molar-refractivity contribution in [2.75, 3.05) is 12.5 Å². The fourth-order valence-electron chi connectivity index (χ4n) is 6.05. The van der Waals surface area contributed by atoms with Gasteiger partial charge in [0.25, 0.3) is 5.91 Å². The van der Waals surface area contributed by atoms with Crippen molar-refractivity contribution in [3.8, 4) is 0 Å². The first-order chi connectivity index (χ1) is 22.5. The summed E-state index contributed by atoms with van der Waals surface area (Å²) in [4.78, 5) is 45.1. The molecule has 3 aliphatic heterocycles. The van der Waals surface area contributed by atoms with E-state index >= 15 is 0 Å². The number of benzene rings is 3. The predicted molar refractivity (Wildman–Crippen MR) is 160 cm³/mol. The molecule has 15 heteroatoms. The van der Waals surface area contributed by atoms with Crippen LogP contribution in [0, 0.1) is 0 Å². The van der Waals surface area contributed by atoms with Gasteiger partial charge >= 0.3 is 6.16 Å². The second-order valence-electron chi connectivity index (χ2n) is 10.6. The van der Waals surface area contributed by atoms with E-state index in [0.717, 1.165) is 28.5 Å². The number of nitrogens with one attached hydrogen (secondary N) is 2. The molecule has 2 amide bonds. The molecule has 0 radical (unpaired) electrons. The van der Waals surface area contributed by atoms with Gasteiger partial charge in [0, 0.05) is 11.3 Å². The molecule has 3 atom stereocenters. The fraction of sp³-hybridized carbons (Fsp3) is 0.226. The van der Waals surface area contributed by atoms with Gasteiger partial charge in [-0.05, 0) is 27.1 Å². The van der Waals surface area contributed by atoms with Gasteiger partial charge < -0.3 is 14.6 Å². The van der Waals surface area contributed by atoms with Crippen molar-refractivity contribution < 1.29 is 33.8 Å². The number of hydroxylamine groups is 1. The molecule has 3 N–H and O–H groups in total. The Labute approximate surface area is 266 Å². The predicted octanol–water partition coefficient (Wildman–Crippen LogP) is 2.25. The van der Waals surface area contributed by atoms with Crippen LogP contribution in [0.25, 0.3) is 0 Å². The zero-order valence-corrected chi connectivity index (χ0v) is 24.9. The number of carboxylic acid groups (broad SMARTS) is 1. The van der Waals surface area contributed by atoms with Gasteiger partial charge in [-0.2, -0.15) is 0 Å². The van der Waals surface area contributed by atoms with Crippen LogP contribution < -0.4 is 10.8 Å². The summed E-state index contributed by atoms with van der Waals surface area (Å²) in [6.07, 6.45) is -2.09. The Morgan fingerprint density at radius 2 is 1.61 bits per heavy atom. The lowest BCUT2D eigenvalue weighted by Crippen LogP contribution is -2.73. The van der Waals surface area contributed by atoms with Crippen LogP contribution in [0.15, 0.2) is 108 Å². The Balaban J connectivity index is 1.10. The van der Waals surface area contributed by atoms with E-state index in [-0.39, 0.29) is 36.0 Å². The number of thioether (sulfide) groups is 1. The van der Waals surface area contributed by atoms with E-state index in [9.17, 15) is 19.5 Å². The largest absolute Gasteiger partial charge is 0.512 e. The topological polar surface area (TPSA) is 170 Å². The molecule has 3 aromatic carbocycles. The van der Waals surface area contributed by atoms with Gasteiger partial charge in [-0.1, -0.05) is 103 Å². The average molecular weight is 642 g/mol. The van der Waals surface area contributed by atoms with Crippen LogP contribution in [0.4, 0.5) is 4.79 Å². The maximum absolute atomic E-state index is 13.4. The van der Waals surface area contributed by atoms with E-state index in [1.165, 1.54) is 9.58 Å². The number of aromatic nitrogens is 4. The standard InChI is InChI=1S/C31H27N7O7S/c39-23(34-45-31(19-10-4-1-5-11-19,20-12-6-2-7-13-20)21-14-8-3-9-15-21)16-37-29(33-35-36-37)46-17-22-26-25-24(32-18-43-26)27(40)38(25)28(22)44-30(41)42/h1-15,24-26,32H,16-18H2,(H,34,39)(H,41,42)/t24-,25-,26?/m0/s1. The summed E-state index contributed by atoms with van der Waals surface area (Å²) in [6, 6.07) is 27.9. The molecule has 0 bridgehead atoms. The molecule has 3 aliphatic rings. The normalized spacial score (nSPS) is 20.2. The second-order valence-corrected chi connectivity index (χ2v) is 11.6. The van der Waals surface area contributed by atoms with Gasteiger partial charge in [-0.3, -0.25) is 24.6 Å². The van der Waals surface area contributed by atoms with Gasteiger partial charge in [-0.25, -0.2) is 15.0 Å². The monoisotopic (exact) mass is 641 g/mol. The van der Waals surface area contributed by atoms with Gasteiger partial charge in [0.05, 0.1) is 12.8 Å². The molecular formula is C31H27N7O7S. The Bertz CT molecular complexity index is 1690. The number of ether oxygens (including phenoxy) is 2. The van der Waals surface area contributed by atoms with Crippen LogP contribution in [0.3, 0.4) is 0 Å². The number of amides is 2. The third-order valence-corrected chi connectivity index (χ3v) is 9.05. The molecule has 2 saturated heterocycles. The maximum Gasteiger partial charge on any atom is 0.512 e. The van der Waals surface area contributed by atoms with Crippen LogP contribution in [-0.4, -0.2) is 78.9 Å². The molecule has 234 valence electrons. The smallest absolute Gasteiger partial charge is 0.449 e. The first-order valence-corrected chi connectivity index (χ1v) is 15.3. The van der Waals surface area contributed by atoms with E-state index in [1.807, 2.05) is 91.0 Å². The van der Waals surface area contributed by atoms with Crippen LogP contribution >= 0.6 is 11.8 Å². The van der Waals surface area contributed by atoms with Crippen LogP contribution in [-0.2, 0) is 36.0 Å². The molecule has 14 nitrogen and oxygen atoms in total. The molecule has 0 saturated carbocycles. The molecule has 2 fully saturated rings. The van der Waals surface area contributed by atoms with E-state index < -0.39 is 35.9 Å². The van der Waals surface area contributed by atoms with Gasteiger partial charge in [-0.15, -0.1) is 5.10 Å². The molecule has 46 heavy (non-hydrogen) atoms. The van der Waals surface area contributed by atoms with Crippen LogP contribution in [0.1, 0.15) is 16.7 Å². The number of rotatable bonds is 11. The minimum absolute atomic E-state index is 0.0656. The highest BCUT2D eigenvalue weighted by Crippen LogP contribution is 2.44. The number of nitrogens with zero attached hydrogens (tertiary/aromatic N) is 5. The second kappa shape index (κ2) is 12.4. The van der Waals surface area contributed by atoms with E-state index in [2.05, 4.69) is 26.3 Å². The van der Waals surface area contributed by atoms with E-state index in [4.69, 9.17) is 14.3 Å². The highest BCUT2D eigenvalue weighted by Gasteiger charge is 2.62. The Morgan fingerprint density at radius 1 is 1.00 bits per heavy atom. The number of hydrogen-bond acceptors (Lipinski definition) is 11. The number of carbonyl (C=O) groups is 3. The third-order valence-electron chi connectivity index (χ3n) is 8.05. The Kier molecular flexibility index (Phi) is 7.96. The molecule has 1 aromatic heterocycles. The SMILES string of the molecule is O=C(Cn1nnnc1SCC1=C(OC(=O)O)N2C(=O)[C@H]3NCOC1[C@H]32)NOC(c1ccccc1)(c1ccccc1)c1ccccc1. The van der Waals surface area contributed by atoms with Gasteiger partial charge in [0.1, 0.15) is 18.7 Å². The van der Waals surface area contributed by atoms with Crippen molar-refractivity contribution in [3.63, 3.8) is 0 Å². The summed E-state index contributed by atoms with van der Waals surface area (Å²) in [6.45, 7) is -0.144. The molecule has 0 spiro atoms. The average Bonchev–Trinajstić information content (AvgIpc) is 3.65. The number of β-lactam (4-membered cyclic amide) rings is 1. The summed E-state index contributed by atoms with van der Waals surface area (Å²) in [5.74, 6) is -0.717. The summed E-state index contributed by atoms with van der Waals surface area (Å²) < 4.78 is 12.1. The molecule has 4 aromatic rings. The quantitative estimate of drug-likeness (QED) is 0.0719. The van der Waals surface area contributed by atoms with Crippen LogP contribution in [0.5, 0.6) is 0 Å². The minimum atomic E-state index is -1.54. The summed E-state index contributed by atoms with van der Waals surface area (Å²) >= 11 is 1.15. The van der Waals surface area contributed by atoms with Crippen molar-refractivity contribution in [1.29, 1.82) is 0 Å². The summed E-state index contributed by atoms with van der Waals surface area (Å²) in [7, 11) is 0. The van der Waals surface area contributed by atoms with Crippen molar-refractivity contribution >= 4 is 29.7 Å². The summed E-state index contributed by atoms with van der Waals surface area (Å²) in [5.41, 5.74) is 4.36. The molecule has 1 unspecified atom stereocenters. The molecule has 0 aliphatic carbocycles. The number of tetrazole rings is 1. The van der Waals surface area contributed by atoms with Crippen molar-refractivity contribution in [2.24, 2.45) is 0 Å². The lowest BCUT2D eigenvalue weighted by molar-refractivity contribution is -0.164. The molecule has 4 heterocycles. The van der Waals surface area contributed by atoms with Gasteiger partial charge in [0.2, 0.25) is 16.9 Å². The highest BCUT2D eigenvalue weighted by atomic mass is 32.2. The van der Waals surface area contributed by atoms with Crippen molar-refractivity contribution in [2.45, 2.75) is 35.5 Å². The zero-order chi connectivity index (χ0) is 31.7. The van der Waals surface area contributed by atoms with Crippen LogP contribution in [0.2, 0.25) is 0 Å². The maximum atomic E-state index is 13.4. The lowest BCUT2D eigenvalue weighted by atomic mass is 9.80. The third kappa shape index (κ3) is 5.18. The van der Waals surface area contributed by atoms with E-state index in [0.29, 0.717) is 5.57 Å². The zero-order valence-electron chi connectivity index (χ0n) is 24.1. The Morgan fingerprint density at radius 3 is 2.20 bits per heavy atom. The van der Waals surface area contributed by atoms with Gasteiger partial charge in [0.15, 0.2) is 5.60 Å². The Hall–Kier alpha value is -5.09. The fourth-order valence-corrected chi connectivity index (χ4v) is 6.97. The number of carbonyl (C=O) groups excluding carboxylic acids is 2. The number of hydrogen-bond donors (Lipinski definition) is 3. The minimum Gasteiger partial charge on any atom is -0.449 e. The summed E-state index contributed by atoms with van der Waals surface area (Å²) in [5, 5.41) is 24.3. The first kappa shape index (κ1) is 29.6.